The SMILES string of the molecule is CCCCNc1ccc(F)cc1S(=O)(=O)NCc1cn[nH]c1C. The quantitative estimate of drug-likeness (QED) is 0.645. The van der Waals surface area contributed by atoms with Gasteiger partial charge in [0.1, 0.15) is 10.7 Å². The minimum atomic E-state index is -3.84. The highest BCUT2D eigenvalue weighted by Gasteiger charge is 2.20. The van der Waals surface area contributed by atoms with Gasteiger partial charge in [-0.3, -0.25) is 5.10 Å². The molecule has 126 valence electrons. The van der Waals surface area contributed by atoms with Crippen molar-refractivity contribution in [1.82, 2.24) is 14.9 Å². The standard InChI is InChI=1S/C15H21FN4O2S/c1-3-4-7-17-14-6-5-13(16)8-15(14)23(21,22)19-10-12-9-18-20-11(12)2/h5-6,8-9,17,19H,3-4,7,10H2,1-2H3,(H,18,20). The Balaban J connectivity index is 2.20. The van der Waals surface area contributed by atoms with Crippen molar-refractivity contribution in [2.75, 3.05) is 11.9 Å². The van der Waals surface area contributed by atoms with Gasteiger partial charge in [0, 0.05) is 24.3 Å². The Morgan fingerprint density at radius 2 is 2.13 bits per heavy atom. The number of aromatic nitrogens is 2. The molecule has 0 aliphatic heterocycles. The number of benzene rings is 1. The number of halogens is 1. The molecular formula is C15H21FN4O2S. The number of aromatic amines is 1. The van der Waals surface area contributed by atoms with Gasteiger partial charge in [0.05, 0.1) is 11.9 Å². The molecule has 3 N–H and O–H groups in total. The number of hydrogen-bond acceptors (Lipinski definition) is 4. The molecule has 0 spiro atoms. The van der Waals surface area contributed by atoms with Crippen LogP contribution in [0.3, 0.4) is 0 Å². The molecule has 1 aromatic carbocycles. The van der Waals surface area contributed by atoms with Crippen molar-refractivity contribution in [2.24, 2.45) is 0 Å². The van der Waals surface area contributed by atoms with Crippen molar-refractivity contribution < 1.29 is 12.8 Å². The smallest absolute Gasteiger partial charge is 0.243 e. The van der Waals surface area contributed by atoms with Crippen molar-refractivity contribution in [3.8, 4) is 0 Å². The van der Waals surface area contributed by atoms with E-state index in [0.717, 1.165) is 30.2 Å². The molecular weight excluding hydrogens is 319 g/mol. The van der Waals surface area contributed by atoms with E-state index in [-0.39, 0.29) is 11.4 Å². The third-order valence-corrected chi connectivity index (χ3v) is 4.91. The molecule has 0 bridgehead atoms. The zero-order chi connectivity index (χ0) is 16.9. The van der Waals surface area contributed by atoms with Crippen molar-refractivity contribution in [2.45, 2.75) is 38.1 Å². The maximum absolute atomic E-state index is 13.5. The first-order valence-electron chi connectivity index (χ1n) is 7.46. The third-order valence-electron chi connectivity index (χ3n) is 3.47. The summed E-state index contributed by atoms with van der Waals surface area (Å²) in [5.41, 5.74) is 1.93. The number of hydrogen-bond donors (Lipinski definition) is 3. The molecule has 2 aromatic rings. The molecule has 0 aliphatic carbocycles. The van der Waals surface area contributed by atoms with Crippen molar-refractivity contribution in [1.29, 1.82) is 0 Å². The Hall–Kier alpha value is -1.93. The molecule has 2 rings (SSSR count). The fourth-order valence-electron chi connectivity index (χ4n) is 2.07. The van der Waals surface area contributed by atoms with Gasteiger partial charge in [-0.1, -0.05) is 13.3 Å². The molecule has 1 heterocycles. The van der Waals surface area contributed by atoms with E-state index in [1.807, 2.05) is 6.92 Å². The zero-order valence-corrected chi connectivity index (χ0v) is 14.0. The maximum Gasteiger partial charge on any atom is 0.243 e. The highest BCUT2D eigenvalue weighted by atomic mass is 32.2. The van der Waals surface area contributed by atoms with Crippen molar-refractivity contribution in [3.63, 3.8) is 0 Å². The Labute approximate surface area is 135 Å². The van der Waals surface area contributed by atoms with Crippen LogP contribution >= 0.6 is 0 Å². The van der Waals surface area contributed by atoms with E-state index in [0.29, 0.717) is 12.2 Å². The minimum Gasteiger partial charge on any atom is -0.384 e. The van der Waals surface area contributed by atoms with Crippen molar-refractivity contribution >= 4 is 15.7 Å². The summed E-state index contributed by atoms with van der Waals surface area (Å²) in [6, 6.07) is 3.72. The lowest BCUT2D eigenvalue weighted by molar-refractivity contribution is 0.577. The van der Waals surface area contributed by atoms with Crippen LogP contribution in [-0.4, -0.2) is 25.2 Å². The number of sulfonamides is 1. The van der Waals surface area contributed by atoms with E-state index < -0.39 is 15.8 Å². The Kier molecular flexibility index (Phi) is 5.73. The van der Waals surface area contributed by atoms with Gasteiger partial charge in [-0.2, -0.15) is 5.10 Å². The number of nitrogens with zero attached hydrogens (tertiary/aromatic N) is 1. The van der Waals surface area contributed by atoms with Crippen LogP contribution in [0.15, 0.2) is 29.3 Å². The molecule has 0 saturated heterocycles. The molecule has 23 heavy (non-hydrogen) atoms. The van der Waals surface area contributed by atoms with Crippen LogP contribution in [0.25, 0.3) is 0 Å². The molecule has 0 aliphatic rings. The van der Waals surface area contributed by atoms with E-state index in [1.165, 1.54) is 12.1 Å². The number of H-pyrrole nitrogens is 1. The van der Waals surface area contributed by atoms with Crippen molar-refractivity contribution in [3.05, 3.63) is 41.5 Å². The van der Waals surface area contributed by atoms with Crippen LogP contribution in [0.5, 0.6) is 0 Å². The minimum absolute atomic E-state index is 0.0882. The summed E-state index contributed by atoms with van der Waals surface area (Å²) in [7, 11) is -3.84. The molecule has 0 amide bonds. The van der Waals surface area contributed by atoms with E-state index in [4.69, 9.17) is 0 Å². The number of aryl methyl sites for hydroxylation is 1. The van der Waals surface area contributed by atoms with Crippen LogP contribution < -0.4 is 10.0 Å². The van der Waals surface area contributed by atoms with E-state index >= 15 is 0 Å². The molecule has 8 heteroatoms. The summed E-state index contributed by atoms with van der Waals surface area (Å²) in [6.45, 7) is 4.57. The first-order chi connectivity index (χ1) is 10.9. The predicted molar refractivity (Wildman–Crippen MR) is 87.1 cm³/mol. The Bertz CT molecular complexity index is 759. The van der Waals surface area contributed by atoms with Crippen LogP contribution in [0.2, 0.25) is 0 Å². The maximum atomic E-state index is 13.5. The highest BCUT2D eigenvalue weighted by molar-refractivity contribution is 7.89. The lowest BCUT2D eigenvalue weighted by Gasteiger charge is -2.13. The van der Waals surface area contributed by atoms with Crippen LogP contribution in [0.4, 0.5) is 10.1 Å². The predicted octanol–water partition coefficient (Wildman–Crippen LogP) is 2.55. The second-order valence-electron chi connectivity index (χ2n) is 5.27. The van der Waals surface area contributed by atoms with Gasteiger partial charge in [-0.25, -0.2) is 17.5 Å². The summed E-state index contributed by atoms with van der Waals surface area (Å²) in [5.74, 6) is -0.592. The summed E-state index contributed by atoms with van der Waals surface area (Å²) in [5, 5.41) is 9.63. The molecule has 0 radical (unpaired) electrons. The lowest BCUT2D eigenvalue weighted by Crippen LogP contribution is -2.24. The second kappa shape index (κ2) is 7.56. The van der Waals surface area contributed by atoms with E-state index in [9.17, 15) is 12.8 Å². The summed E-state index contributed by atoms with van der Waals surface area (Å²) in [6.07, 6.45) is 3.44. The normalized spacial score (nSPS) is 11.6. The average molecular weight is 340 g/mol. The number of unbranched alkanes of at least 4 members (excludes halogenated alkanes) is 1. The monoisotopic (exact) mass is 340 g/mol. The summed E-state index contributed by atoms with van der Waals surface area (Å²) >= 11 is 0. The van der Waals surface area contributed by atoms with Gasteiger partial charge in [-0.05, 0) is 31.5 Å². The third kappa shape index (κ3) is 4.52. The second-order valence-corrected chi connectivity index (χ2v) is 7.00. The number of rotatable bonds is 8. The Morgan fingerprint density at radius 3 is 2.78 bits per heavy atom. The van der Waals surface area contributed by atoms with Gasteiger partial charge in [0.2, 0.25) is 10.0 Å². The molecule has 0 unspecified atom stereocenters. The van der Waals surface area contributed by atoms with E-state index in [1.54, 1.807) is 13.1 Å². The van der Waals surface area contributed by atoms with Gasteiger partial charge in [0.15, 0.2) is 0 Å². The van der Waals surface area contributed by atoms with E-state index in [2.05, 4.69) is 20.2 Å². The number of nitrogens with one attached hydrogen (secondary N) is 3. The molecule has 0 atom stereocenters. The summed E-state index contributed by atoms with van der Waals surface area (Å²) in [4.78, 5) is -0.0882. The largest absolute Gasteiger partial charge is 0.384 e. The topological polar surface area (TPSA) is 86.9 Å². The fourth-order valence-corrected chi connectivity index (χ4v) is 3.27. The molecule has 1 aromatic heterocycles. The van der Waals surface area contributed by atoms with Gasteiger partial charge in [-0.15, -0.1) is 0 Å². The zero-order valence-electron chi connectivity index (χ0n) is 13.2. The van der Waals surface area contributed by atoms with Crippen LogP contribution in [0.1, 0.15) is 31.0 Å². The lowest BCUT2D eigenvalue weighted by atomic mass is 10.3. The van der Waals surface area contributed by atoms with Crippen LogP contribution in [-0.2, 0) is 16.6 Å². The molecule has 0 fully saturated rings. The summed E-state index contributed by atoms with van der Waals surface area (Å²) < 4.78 is 41.0. The Morgan fingerprint density at radius 1 is 1.35 bits per heavy atom. The highest BCUT2D eigenvalue weighted by Crippen LogP contribution is 2.22. The van der Waals surface area contributed by atoms with Gasteiger partial charge >= 0.3 is 0 Å². The average Bonchev–Trinajstić information content (AvgIpc) is 2.92. The first kappa shape index (κ1) is 17.4. The fraction of sp³-hybridized carbons (Fsp3) is 0.400. The van der Waals surface area contributed by atoms with Gasteiger partial charge in [0.25, 0.3) is 0 Å². The molecule has 6 nitrogen and oxygen atoms in total. The van der Waals surface area contributed by atoms with Gasteiger partial charge < -0.3 is 5.32 Å². The van der Waals surface area contributed by atoms with Crippen LogP contribution in [0, 0.1) is 12.7 Å². The number of anilines is 1. The molecule has 0 saturated carbocycles. The first-order valence-corrected chi connectivity index (χ1v) is 8.94.